The quantitative estimate of drug-likeness (QED) is 0.757. The van der Waals surface area contributed by atoms with Gasteiger partial charge in [0.25, 0.3) is 0 Å². The van der Waals surface area contributed by atoms with E-state index >= 15 is 0 Å². The van der Waals surface area contributed by atoms with Gasteiger partial charge in [0.1, 0.15) is 0 Å². The van der Waals surface area contributed by atoms with Gasteiger partial charge in [-0.05, 0) is 36.4 Å². The first-order valence-electron chi connectivity index (χ1n) is 8.44. The van der Waals surface area contributed by atoms with Gasteiger partial charge in [-0.1, -0.05) is 31.2 Å². The van der Waals surface area contributed by atoms with Crippen LogP contribution in [0.3, 0.4) is 0 Å². The van der Waals surface area contributed by atoms with Crippen LogP contribution < -0.4 is 14.8 Å². The number of nitrogens with one attached hydrogen (secondary N) is 1. The Kier molecular flexibility index (Phi) is 7.29. The van der Waals surface area contributed by atoms with Crippen molar-refractivity contribution < 1.29 is 14.3 Å². The van der Waals surface area contributed by atoms with Crippen LogP contribution >= 0.6 is 0 Å². The molecule has 0 saturated carbocycles. The Bertz CT molecular complexity index is 674. The summed E-state index contributed by atoms with van der Waals surface area (Å²) < 4.78 is 10.6. The molecule has 1 amide bonds. The topological polar surface area (TPSA) is 50.8 Å². The molecule has 0 saturated heterocycles. The van der Waals surface area contributed by atoms with Crippen LogP contribution in [-0.2, 0) is 11.3 Å². The summed E-state index contributed by atoms with van der Waals surface area (Å²) in [7, 11) is 3.26. The molecule has 1 N–H and O–H groups in total. The van der Waals surface area contributed by atoms with Crippen LogP contribution in [0.5, 0.6) is 11.5 Å². The van der Waals surface area contributed by atoms with Crippen molar-refractivity contribution in [2.75, 3.05) is 32.6 Å². The number of anilines is 1. The second-order valence-electron chi connectivity index (χ2n) is 5.72. The molecule has 0 aromatic heterocycles. The number of ether oxygens (including phenoxy) is 2. The number of para-hydroxylation sites is 1. The Morgan fingerprint density at radius 1 is 1.04 bits per heavy atom. The van der Waals surface area contributed by atoms with Crippen molar-refractivity contribution in [2.45, 2.75) is 19.9 Å². The third kappa shape index (κ3) is 5.80. The molecule has 0 aliphatic carbocycles. The minimum Gasteiger partial charge on any atom is -0.493 e. The molecule has 0 aliphatic rings. The van der Waals surface area contributed by atoms with Gasteiger partial charge in [0.05, 0.1) is 14.2 Å². The maximum atomic E-state index is 12.1. The van der Waals surface area contributed by atoms with Crippen molar-refractivity contribution in [1.82, 2.24) is 4.90 Å². The average Bonchev–Trinajstić information content (AvgIpc) is 2.65. The third-order valence-electron chi connectivity index (χ3n) is 4.01. The predicted octanol–water partition coefficient (Wildman–Crippen LogP) is 3.55. The van der Waals surface area contributed by atoms with Crippen molar-refractivity contribution in [3.05, 3.63) is 54.1 Å². The summed E-state index contributed by atoms with van der Waals surface area (Å²) in [6.45, 7) is 4.42. The Hall–Kier alpha value is -2.53. The summed E-state index contributed by atoms with van der Waals surface area (Å²) in [6, 6.07) is 15.4. The molecule has 134 valence electrons. The number of carbonyl (C=O) groups is 1. The number of hydrogen-bond acceptors (Lipinski definition) is 4. The normalized spacial score (nSPS) is 10.6. The van der Waals surface area contributed by atoms with E-state index in [1.54, 1.807) is 14.2 Å². The number of methoxy groups -OCH3 is 2. The van der Waals surface area contributed by atoms with Crippen LogP contribution in [0, 0.1) is 0 Å². The molecule has 0 heterocycles. The molecule has 0 fully saturated rings. The number of rotatable bonds is 9. The molecule has 5 heteroatoms. The summed E-state index contributed by atoms with van der Waals surface area (Å²) in [6.07, 6.45) is 0.454. The molecule has 0 bridgehead atoms. The number of carbonyl (C=O) groups excluding carboxylic acids is 1. The zero-order valence-electron chi connectivity index (χ0n) is 15.1. The van der Waals surface area contributed by atoms with E-state index in [4.69, 9.17) is 9.47 Å². The van der Waals surface area contributed by atoms with Crippen molar-refractivity contribution in [2.24, 2.45) is 0 Å². The Morgan fingerprint density at radius 2 is 1.76 bits per heavy atom. The van der Waals surface area contributed by atoms with Crippen molar-refractivity contribution >= 4 is 11.6 Å². The molecule has 0 unspecified atom stereocenters. The minimum absolute atomic E-state index is 0.0250. The maximum absolute atomic E-state index is 12.1. The van der Waals surface area contributed by atoms with Crippen LogP contribution in [0.2, 0.25) is 0 Å². The molecule has 0 aliphatic heterocycles. The minimum atomic E-state index is 0.0250. The largest absolute Gasteiger partial charge is 0.493 e. The van der Waals surface area contributed by atoms with Crippen LogP contribution in [0.4, 0.5) is 5.69 Å². The van der Waals surface area contributed by atoms with Crippen LogP contribution in [0.1, 0.15) is 18.9 Å². The molecule has 0 spiro atoms. The molecule has 2 aromatic rings. The first-order valence-corrected chi connectivity index (χ1v) is 8.44. The molecule has 2 aromatic carbocycles. The van der Waals surface area contributed by atoms with Gasteiger partial charge in [-0.3, -0.25) is 9.69 Å². The average molecular weight is 342 g/mol. The monoisotopic (exact) mass is 342 g/mol. The maximum Gasteiger partial charge on any atom is 0.225 e. The zero-order valence-corrected chi connectivity index (χ0v) is 15.1. The number of benzene rings is 2. The van der Waals surface area contributed by atoms with E-state index in [9.17, 15) is 4.79 Å². The van der Waals surface area contributed by atoms with Gasteiger partial charge >= 0.3 is 0 Å². The predicted molar refractivity (Wildman–Crippen MR) is 100 cm³/mol. The van der Waals surface area contributed by atoms with Gasteiger partial charge in [-0.15, -0.1) is 0 Å². The van der Waals surface area contributed by atoms with Crippen LogP contribution in [0.25, 0.3) is 0 Å². The fraction of sp³-hybridized carbons (Fsp3) is 0.350. The fourth-order valence-corrected chi connectivity index (χ4v) is 2.59. The summed E-state index contributed by atoms with van der Waals surface area (Å²) in [5.41, 5.74) is 1.96. The van der Waals surface area contributed by atoms with Gasteiger partial charge < -0.3 is 14.8 Å². The van der Waals surface area contributed by atoms with Gasteiger partial charge in [-0.25, -0.2) is 0 Å². The molecule has 2 rings (SSSR count). The smallest absolute Gasteiger partial charge is 0.225 e. The molecular formula is C20H26N2O3. The first kappa shape index (κ1) is 18.8. The second-order valence-corrected chi connectivity index (χ2v) is 5.72. The highest BCUT2D eigenvalue weighted by Gasteiger charge is 2.10. The van der Waals surface area contributed by atoms with Gasteiger partial charge in [0, 0.05) is 25.2 Å². The Balaban J connectivity index is 1.88. The summed E-state index contributed by atoms with van der Waals surface area (Å²) >= 11 is 0. The highest BCUT2D eigenvalue weighted by molar-refractivity contribution is 5.90. The van der Waals surface area contributed by atoms with Gasteiger partial charge in [0.15, 0.2) is 11.5 Å². The number of hydrogen-bond donors (Lipinski definition) is 1. The Morgan fingerprint density at radius 3 is 2.40 bits per heavy atom. The van der Waals surface area contributed by atoms with E-state index in [0.717, 1.165) is 35.8 Å². The SMILES string of the molecule is CCN(CCC(=O)Nc1ccccc1)Cc1ccc(OC)c(OC)c1. The van der Waals surface area contributed by atoms with Crippen molar-refractivity contribution in [3.63, 3.8) is 0 Å². The lowest BCUT2D eigenvalue weighted by atomic mass is 10.2. The van der Waals surface area contributed by atoms with Gasteiger partial charge in [0.2, 0.25) is 5.91 Å². The Labute approximate surface area is 149 Å². The van der Waals surface area contributed by atoms with Gasteiger partial charge in [-0.2, -0.15) is 0 Å². The summed E-state index contributed by atoms with van der Waals surface area (Å²) in [5, 5.41) is 2.92. The zero-order chi connectivity index (χ0) is 18.1. The summed E-state index contributed by atoms with van der Waals surface area (Å²) in [5.74, 6) is 1.46. The lowest BCUT2D eigenvalue weighted by molar-refractivity contribution is -0.116. The van der Waals surface area contributed by atoms with E-state index in [2.05, 4.69) is 17.1 Å². The third-order valence-corrected chi connectivity index (χ3v) is 4.01. The standard InChI is InChI=1S/C20H26N2O3/c1-4-22(13-12-20(23)21-17-8-6-5-7-9-17)15-16-10-11-18(24-2)19(14-16)25-3/h5-11,14H,4,12-13,15H2,1-3H3,(H,21,23). The summed E-state index contributed by atoms with van der Waals surface area (Å²) in [4.78, 5) is 14.3. The van der Waals surface area contributed by atoms with E-state index in [1.165, 1.54) is 0 Å². The lowest BCUT2D eigenvalue weighted by Gasteiger charge is -2.21. The number of amides is 1. The molecule has 25 heavy (non-hydrogen) atoms. The molecule has 5 nitrogen and oxygen atoms in total. The van der Waals surface area contributed by atoms with Crippen LogP contribution in [0.15, 0.2) is 48.5 Å². The van der Waals surface area contributed by atoms with E-state index in [0.29, 0.717) is 13.0 Å². The van der Waals surface area contributed by atoms with E-state index < -0.39 is 0 Å². The first-order chi connectivity index (χ1) is 12.2. The van der Waals surface area contributed by atoms with E-state index in [1.807, 2.05) is 48.5 Å². The second kappa shape index (κ2) is 9.69. The van der Waals surface area contributed by atoms with Crippen LogP contribution in [-0.4, -0.2) is 38.1 Å². The highest BCUT2D eigenvalue weighted by atomic mass is 16.5. The molecule has 0 radical (unpaired) electrons. The fourth-order valence-electron chi connectivity index (χ4n) is 2.59. The van der Waals surface area contributed by atoms with Crippen molar-refractivity contribution in [3.8, 4) is 11.5 Å². The molecule has 0 atom stereocenters. The molecular weight excluding hydrogens is 316 g/mol. The van der Waals surface area contributed by atoms with E-state index in [-0.39, 0.29) is 5.91 Å². The highest BCUT2D eigenvalue weighted by Crippen LogP contribution is 2.28. The lowest BCUT2D eigenvalue weighted by Crippen LogP contribution is -2.27. The van der Waals surface area contributed by atoms with Crippen molar-refractivity contribution in [1.29, 1.82) is 0 Å². The number of nitrogens with zero attached hydrogens (tertiary/aromatic N) is 1.